The average molecular weight is 914 g/mol. The van der Waals surface area contributed by atoms with Gasteiger partial charge in [-0.25, -0.2) is 0 Å². The lowest BCUT2D eigenvalue weighted by molar-refractivity contribution is -0.303. The van der Waals surface area contributed by atoms with Crippen LogP contribution in [0.15, 0.2) is 0 Å². The molecule has 0 unspecified atom stereocenters. The number of ether oxygens (including phenoxy) is 2. The van der Waals surface area contributed by atoms with Gasteiger partial charge in [0.15, 0.2) is 6.29 Å². The molecule has 0 saturated carbocycles. The molecule has 0 spiro atoms. The molecule has 382 valence electrons. The zero-order valence-corrected chi connectivity index (χ0v) is 41.9. The van der Waals surface area contributed by atoms with Gasteiger partial charge in [-0.1, -0.05) is 258 Å². The maximum atomic E-state index is 13.1. The summed E-state index contributed by atoms with van der Waals surface area (Å²) in [6, 6.07) is -0.985. The molecule has 0 aliphatic carbocycles. The number of hydrogen-bond donors (Lipinski definition) is 7. The zero-order chi connectivity index (χ0) is 46.7. The fraction of sp³-hybridized carbons (Fsp3) is 0.981. The SMILES string of the molecule is CCCCCCCCCCCCCCCCCCCCCCCCCCCCCC(=O)N[C@@H](CO[C@H]1O[C@H](CO)[C@H](O)[C@H](O)[C@H]1O)[C@H](O)[C@H](O)CCCCCCCCCCCCCC. The molecule has 0 aromatic heterocycles. The molecule has 64 heavy (non-hydrogen) atoms. The summed E-state index contributed by atoms with van der Waals surface area (Å²) in [5.74, 6) is -0.251. The Labute approximate surface area is 394 Å². The normalized spacial score (nSPS) is 20.4. The second kappa shape index (κ2) is 44.6. The quantitative estimate of drug-likeness (QED) is 0.0294. The van der Waals surface area contributed by atoms with E-state index in [2.05, 4.69) is 19.2 Å². The molecule has 10 nitrogen and oxygen atoms in total. The van der Waals surface area contributed by atoms with Gasteiger partial charge < -0.3 is 45.4 Å². The number of nitrogens with one attached hydrogen (secondary N) is 1. The second-order valence-electron chi connectivity index (χ2n) is 19.9. The highest BCUT2D eigenvalue weighted by Crippen LogP contribution is 2.23. The molecule has 1 amide bonds. The zero-order valence-electron chi connectivity index (χ0n) is 41.9. The van der Waals surface area contributed by atoms with Crippen molar-refractivity contribution in [3.8, 4) is 0 Å². The van der Waals surface area contributed by atoms with E-state index in [0.717, 1.165) is 38.5 Å². The minimum atomic E-state index is -1.60. The molecule has 0 aromatic rings. The number of rotatable bonds is 48. The molecule has 10 heteroatoms. The van der Waals surface area contributed by atoms with Crippen LogP contribution >= 0.6 is 0 Å². The van der Waals surface area contributed by atoms with Crippen LogP contribution in [0.3, 0.4) is 0 Å². The molecule has 8 atom stereocenters. The number of amides is 1. The van der Waals surface area contributed by atoms with Gasteiger partial charge in [0.25, 0.3) is 0 Å². The van der Waals surface area contributed by atoms with Gasteiger partial charge in [0, 0.05) is 6.42 Å². The summed E-state index contributed by atoms with van der Waals surface area (Å²) in [6.07, 6.45) is 41.3. The Morgan fingerprint density at radius 3 is 1.16 bits per heavy atom. The van der Waals surface area contributed by atoms with Gasteiger partial charge in [0.2, 0.25) is 5.91 Å². The van der Waals surface area contributed by atoms with Crippen molar-refractivity contribution >= 4 is 5.91 Å². The first-order valence-electron chi connectivity index (χ1n) is 27.8. The predicted octanol–water partition coefficient (Wildman–Crippen LogP) is 12.0. The van der Waals surface area contributed by atoms with Gasteiger partial charge in [-0.2, -0.15) is 0 Å². The fourth-order valence-electron chi connectivity index (χ4n) is 9.32. The molecule has 0 aromatic carbocycles. The molecule has 1 aliphatic rings. The first-order valence-corrected chi connectivity index (χ1v) is 27.8. The number of hydrogen-bond acceptors (Lipinski definition) is 9. The van der Waals surface area contributed by atoms with Crippen LogP contribution in [0.5, 0.6) is 0 Å². The Bertz CT molecular complexity index is 988. The van der Waals surface area contributed by atoms with Crippen molar-refractivity contribution in [1.82, 2.24) is 5.32 Å². The number of carbonyl (C=O) groups is 1. The lowest BCUT2D eigenvalue weighted by Crippen LogP contribution is -2.60. The van der Waals surface area contributed by atoms with E-state index in [1.54, 1.807) is 0 Å². The third-order valence-electron chi connectivity index (χ3n) is 13.8. The number of unbranched alkanes of at least 4 members (excludes halogenated alkanes) is 37. The van der Waals surface area contributed by atoms with E-state index in [-0.39, 0.29) is 18.9 Å². The summed E-state index contributed by atoms with van der Waals surface area (Å²) in [5, 5.41) is 65.4. The first kappa shape index (κ1) is 61.2. The van der Waals surface area contributed by atoms with Crippen molar-refractivity contribution in [2.75, 3.05) is 13.2 Å². The van der Waals surface area contributed by atoms with Crippen molar-refractivity contribution < 1.29 is 44.9 Å². The number of aliphatic hydroxyl groups excluding tert-OH is 6. The molecule has 1 aliphatic heterocycles. The van der Waals surface area contributed by atoms with Crippen LogP contribution in [0.25, 0.3) is 0 Å². The predicted molar refractivity (Wildman–Crippen MR) is 264 cm³/mol. The molecule has 0 bridgehead atoms. The molecule has 1 heterocycles. The molecule has 7 N–H and O–H groups in total. The number of aliphatic hydroxyl groups is 6. The van der Waals surface area contributed by atoms with Crippen LogP contribution in [0.2, 0.25) is 0 Å². The smallest absolute Gasteiger partial charge is 0.220 e. The Balaban J connectivity index is 2.19. The summed E-state index contributed by atoms with van der Waals surface area (Å²) < 4.78 is 11.2. The van der Waals surface area contributed by atoms with Gasteiger partial charge in [-0.15, -0.1) is 0 Å². The van der Waals surface area contributed by atoms with E-state index < -0.39 is 55.6 Å². The van der Waals surface area contributed by atoms with E-state index in [9.17, 15) is 35.4 Å². The van der Waals surface area contributed by atoms with Crippen LogP contribution in [0.1, 0.15) is 277 Å². The molecule has 1 saturated heterocycles. The maximum Gasteiger partial charge on any atom is 0.220 e. The Kier molecular flexibility index (Phi) is 42.7. The molecule has 1 fully saturated rings. The van der Waals surface area contributed by atoms with Crippen molar-refractivity contribution in [2.24, 2.45) is 0 Å². The molecule has 0 radical (unpaired) electrons. The van der Waals surface area contributed by atoms with Crippen molar-refractivity contribution in [3.63, 3.8) is 0 Å². The standard InChI is InChI=1S/C54H107NO9/c1-3-5-7-9-11-13-15-17-18-19-20-21-22-23-24-25-26-27-28-29-30-31-33-35-37-39-41-43-49(58)55-46(45-63-54-53(62)52(61)51(60)48(44-56)64-54)50(59)47(57)42-40-38-36-34-32-16-14-12-10-8-6-4-2/h46-48,50-54,56-57,59-62H,3-45H2,1-2H3,(H,55,58)/t46-,47+,48+,50-,51-,52-,53+,54-/m0/s1. The van der Waals surface area contributed by atoms with Crippen molar-refractivity contribution in [3.05, 3.63) is 0 Å². The average Bonchev–Trinajstić information content (AvgIpc) is 3.29. The lowest BCUT2D eigenvalue weighted by atomic mass is 9.98. The van der Waals surface area contributed by atoms with Crippen LogP contribution in [0.4, 0.5) is 0 Å². The Hall–Kier alpha value is -0.850. The molecule has 1 rings (SSSR count). The summed E-state index contributed by atoms with van der Waals surface area (Å²) in [6.45, 7) is 3.64. The van der Waals surface area contributed by atoms with Crippen LogP contribution in [-0.2, 0) is 14.3 Å². The highest BCUT2D eigenvalue weighted by atomic mass is 16.7. The minimum absolute atomic E-state index is 0.251. The third-order valence-corrected chi connectivity index (χ3v) is 13.8. The minimum Gasteiger partial charge on any atom is -0.394 e. The largest absolute Gasteiger partial charge is 0.394 e. The van der Waals surface area contributed by atoms with E-state index in [4.69, 9.17) is 9.47 Å². The van der Waals surface area contributed by atoms with Crippen LogP contribution in [-0.4, -0.2) is 98.7 Å². The third kappa shape index (κ3) is 33.6. The summed E-state index contributed by atoms with van der Waals surface area (Å²) in [7, 11) is 0. The fourth-order valence-corrected chi connectivity index (χ4v) is 9.32. The van der Waals surface area contributed by atoms with Crippen LogP contribution < -0.4 is 5.32 Å². The highest BCUT2D eigenvalue weighted by Gasteiger charge is 2.44. The van der Waals surface area contributed by atoms with Gasteiger partial charge in [-0.3, -0.25) is 4.79 Å². The van der Waals surface area contributed by atoms with Crippen molar-refractivity contribution in [2.45, 2.75) is 326 Å². The monoisotopic (exact) mass is 914 g/mol. The maximum absolute atomic E-state index is 13.1. The summed E-state index contributed by atoms with van der Waals surface area (Å²) in [4.78, 5) is 13.1. The van der Waals surface area contributed by atoms with Crippen LogP contribution in [0, 0.1) is 0 Å². The Morgan fingerprint density at radius 2 is 0.812 bits per heavy atom. The van der Waals surface area contributed by atoms with Gasteiger partial charge in [0.1, 0.15) is 30.5 Å². The van der Waals surface area contributed by atoms with Crippen molar-refractivity contribution in [1.29, 1.82) is 0 Å². The van der Waals surface area contributed by atoms with Gasteiger partial charge in [0.05, 0.1) is 25.4 Å². The number of carbonyl (C=O) groups excluding carboxylic acids is 1. The van der Waals surface area contributed by atoms with E-state index in [1.807, 2.05) is 0 Å². The van der Waals surface area contributed by atoms with E-state index in [0.29, 0.717) is 6.42 Å². The molecular formula is C54H107NO9. The van der Waals surface area contributed by atoms with E-state index >= 15 is 0 Å². The second-order valence-corrected chi connectivity index (χ2v) is 19.9. The lowest BCUT2D eigenvalue weighted by Gasteiger charge is -2.40. The van der Waals surface area contributed by atoms with Gasteiger partial charge >= 0.3 is 0 Å². The highest BCUT2D eigenvalue weighted by molar-refractivity contribution is 5.76. The topological polar surface area (TPSA) is 169 Å². The Morgan fingerprint density at radius 1 is 0.484 bits per heavy atom. The summed E-state index contributed by atoms with van der Waals surface area (Å²) in [5.41, 5.74) is 0. The molecular weight excluding hydrogens is 807 g/mol. The summed E-state index contributed by atoms with van der Waals surface area (Å²) >= 11 is 0. The van der Waals surface area contributed by atoms with Gasteiger partial charge in [-0.05, 0) is 12.8 Å². The van der Waals surface area contributed by atoms with E-state index in [1.165, 1.54) is 212 Å². The first-order chi connectivity index (χ1) is 31.3.